The molecule has 3 nitrogen and oxygen atoms in total. The first-order valence-electron chi connectivity index (χ1n) is 7.99. The maximum Gasteiger partial charge on any atom is 0.204 e. The highest BCUT2D eigenvalue weighted by atomic mass is 16.5. The van der Waals surface area contributed by atoms with Crippen LogP contribution in [0.25, 0.3) is 0 Å². The largest absolute Gasteiger partial charge is 0.489 e. The van der Waals surface area contributed by atoms with E-state index < -0.39 is 0 Å². The topological polar surface area (TPSA) is 27.7 Å². The van der Waals surface area contributed by atoms with Gasteiger partial charge in [0.25, 0.3) is 0 Å². The fraction of sp³-hybridized carbons (Fsp3) is 0.667. The Morgan fingerprint density at radius 2 is 1.48 bits per heavy atom. The maximum absolute atomic E-state index is 6.02. The lowest BCUT2D eigenvalue weighted by molar-refractivity contribution is 0.186. The van der Waals surface area contributed by atoms with Gasteiger partial charge in [0.2, 0.25) is 5.75 Å². The van der Waals surface area contributed by atoms with E-state index in [0.29, 0.717) is 12.5 Å². The first kappa shape index (κ1) is 17.7. The molecular formula is C18H30O3. The summed E-state index contributed by atoms with van der Waals surface area (Å²) in [5.41, 5.74) is 1.16. The second-order valence-electron chi connectivity index (χ2n) is 6.15. The Morgan fingerprint density at radius 1 is 0.857 bits per heavy atom. The van der Waals surface area contributed by atoms with Gasteiger partial charge in [0.1, 0.15) is 0 Å². The molecule has 0 spiro atoms. The normalized spacial score (nSPS) is 11.3. The van der Waals surface area contributed by atoms with Crippen LogP contribution in [-0.2, 0) is 0 Å². The van der Waals surface area contributed by atoms with Crippen LogP contribution in [0.5, 0.6) is 17.2 Å². The minimum atomic E-state index is 0.0749. The van der Waals surface area contributed by atoms with E-state index in [1.165, 1.54) is 0 Å². The minimum Gasteiger partial charge on any atom is -0.489 e. The molecule has 0 unspecified atom stereocenters. The summed E-state index contributed by atoms with van der Waals surface area (Å²) in [5.74, 6) is 2.70. The summed E-state index contributed by atoms with van der Waals surface area (Å²) in [4.78, 5) is 0. The van der Waals surface area contributed by atoms with Crippen molar-refractivity contribution in [3.8, 4) is 17.2 Å². The van der Waals surface area contributed by atoms with Crippen molar-refractivity contribution in [3.05, 3.63) is 17.7 Å². The first-order chi connectivity index (χ1) is 9.86. The van der Waals surface area contributed by atoms with Crippen molar-refractivity contribution in [2.45, 2.75) is 73.0 Å². The van der Waals surface area contributed by atoms with Gasteiger partial charge in [-0.1, -0.05) is 26.8 Å². The monoisotopic (exact) mass is 294 g/mol. The zero-order valence-corrected chi connectivity index (χ0v) is 14.5. The van der Waals surface area contributed by atoms with E-state index in [2.05, 4.69) is 26.8 Å². The number of hydrogen-bond acceptors (Lipinski definition) is 3. The Morgan fingerprint density at radius 3 is 1.95 bits per heavy atom. The van der Waals surface area contributed by atoms with Crippen LogP contribution >= 0.6 is 0 Å². The second-order valence-corrected chi connectivity index (χ2v) is 6.15. The predicted molar refractivity (Wildman–Crippen MR) is 87.8 cm³/mol. The Bertz CT molecular complexity index is 436. The molecule has 0 atom stereocenters. The van der Waals surface area contributed by atoms with E-state index in [4.69, 9.17) is 14.2 Å². The van der Waals surface area contributed by atoms with Gasteiger partial charge in [-0.15, -0.1) is 0 Å². The molecular weight excluding hydrogens is 264 g/mol. The van der Waals surface area contributed by atoms with Gasteiger partial charge in [0, 0.05) is 5.56 Å². The fourth-order valence-corrected chi connectivity index (χ4v) is 2.06. The van der Waals surface area contributed by atoms with Crippen molar-refractivity contribution < 1.29 is 14.2 Å². The van der Waals surface area contributed by atoms with Gasteiger partial charge in [0.05, 0.1) is 18.8 Å². The van der Waals surface area contributed by atoms with Crippen molar-refractivity contribution in [3.63, 3.8) is 0 Å². The SMILES string of the molecule is CCCOc1c(C(C)C)ccc(OC(C)C)c1OC(C)C. The minimum absolute atomic E-state index is 0.0749. The summed E-state index contributed by atoms with van der Waals surface area (Å²) < 4.78 is 17.9. The molecule has 120 valence electrons. The van der Waals surface area contributed by atoms with Crippen molar-refractivity contribution in [2.75, 3.05) is 6.61 Å². The summed E-state index contributed by atoms with van der Waals surface area (Å²) in [6.07, 6.45) is 1.14. The summed E-state index contributed by atoms with van der Waals surface area (Å²) in [6.45, 7) is 15.2. The molecule has 0 radical (unpaired) electrons. The van der Waals surface area contributed by atoms with Crippen molar-refractivity contribution >= 4 is 0 Å². The van der Waals surface area contributed by atoms with E-state index in [1.54, 1.807) is 0 Å². The molecule has 0 aliphatic rings. The molecule has 0 fully saturated rings. The molecule has 1 aromatic rings. The maximum atomic E-state index is 6.02. The molecule has 0 aliphatic carbocycles. The standard InChI is InChI=1S/C18H30O3/c1-8-11-19-17-15(12(2)3)9-10-16(20-13(4)5)18(17)21-14(6)7/h9-10,12-14H,8,11H2,1-7H3. The zero-order chi connectivity index (χ0) is 16.0. The quantitative estimate of drug-likeness (QED) is 0.661. The third-order valence-electron chi connectivity index (χ3n) is 2.90. The van der Waals surface area contributed by atoms with Gasteiger partial charge in [-0.25, -0.2) is 0 Å². The third kappa shape index (κ3) is 5.14. The second kappa shape index (κ2) is 8.16. The van der Waals surface area contributed by atoms with Gasteiger partial charge in [0.15, 0.2) is 11.5 Å². The van der Waals surface area contributed by atoms with Crippen LogP contribution < -0.4 is 14.2 Å². The molecule has 0 bridgehead atoms. The molecule has 0 amide bonds. The van der Waals surface area contributed by atoms with Gasteiger partial charge in [-0.05, 0) is 46.1 Å². The lowest BCUT2D eigenvalue weighted by Gasteiger charge is -2.23. The molecule has 21 heavy (non-hydrogen) atoms. The van der Waals surface area contributed by atoms with Crippen LogP contribution in [0.1, 0.15) is 66.4 Å². The fourth-order valence-electron chi connectivity index (χ4n) is 2.06. The van der Waals surface area contributed by atoms with Crippen molar-refractivity contribution in [1.29, 1.82) is 0 Å². The molecule has 0 saturated carbocycles. The molecule has 1 aromatic carbocycles. The average Bonchev–Trinajstić information content (AvgIpc) is 2.37. The highest BCUT2D eigenvalue weighted by Gasteiger charge is 2.21. The number of rotatable bonds is 8. The van der Waals surface area contributed by atoms with Gasteiger partial charge in [-0.2, -0.15) is 0 Å². The number of ether oxygens (including phenoxy) is 3. The molecule has 0 saturated heterocycles. The Balaban J connectivity index is 3.32. The first-order valence-corrected chi connectivity index (χ1v) is 7.99. The van der Waals surface area contributed by atoms with E-state index >= 15 is 0 Å². The van der Waals surface area contributed by atoms with Crippen LogP contribution in [0.15, 0.2) is 12.1 Å². The lowest BCUT2D eigenvalue weighted by atomic mass is 10.0. The summed E-state index contributed by atoms with van der Waals surface area (Å²) in [7, 11) is 0. The van der Waals surface area contributed by atoms with Crippen LogP contribution in [0.4, 0.5) is 0 Å². The highest BCUT2D eigenvalue weighted by molar-refractivity contribution is 5.57. The third-order valence-corrected chi connectivity index (χ3v) is 2.90. The summed E-state index contributed by atoms with van der Waals surface area (Å²) in [5, 5.41) is 0. The van der Waals surface area contributed by atoms with E-state index in [9.17, 15) is 0 Å². The Hall–Kier alpha value is -1.38. The highest BCUT2D eigenvalue weighted by Crippen LogP contribution is 2.44. The van der Waals surface area contributed by atoms with Crippen LogP contribution in [0, 0.1) is 0 Å². The molecule has 0 aromatic heterocycles. The van der Waals surface area contributed by atoms with Gasteiger partial charge in [-0.3, -0.25) is 0 Å². The summed E-state index contributed by atoms with van der Waals surface area (Å²) in [6, 6.07) is 4.08. The van der Waals surface area contributed by atoms with Crippen molar-refractivity contribution in [2.24, 2.45) is 0 Å². The Kier molecular flexibility index (Phi) is 6.86. The van der Waals surface area contributed by atoms with Gasteiger partial charge < -0.3 is 14.2 Å². The number of hydrogen-bond donors (Lipinski definition) is 0. The predicted octanol–water partition coefficient (Wildman–Crippen LogP) is 5.17. The number of benzene rings is 1. The summed E-state index contributed by atoms with van der Waals surface area (Å²) >= 11 is 0. The van der Waals surface area contributed by atoms with E-state index in [-0.39, 0.29) is 12.2 Å². The van der Waals surface area contributed by atoms with Crippen molar-refractivity contribution in [1.82, 2.24) is 0 Å². The molecule has 3 heteroatoms. The van der Waals surface area contributed by atoms with Crippen LogP contribution in [-0.4, -0.2) is 18.8 Å². The lowest BCUT2D eigenvalue weighted by Crippen LogP contribution is -2.13. The van der Waals surface area contributed by atoms with Gasteiger partial charge >= 0.3 is 0 Å². The molecule has 0 aliphatic heterocycles. The average molecular weight is 294 g/mol. The van der Waals surface area contributed by atoms with Crippen LogP contribution in [0.3, 0.4) is 0 Å². The Labute approximate surface area is 129 Å². The van der Waals surface area contributed by atoms with Crippen LogP contribution in [0.2, 0.25) is 0 Å². The molecule has 1 rings (SSSR count). The zero-order valence-electron chi connectivity index (χ0n) is 14.5. The smallest absolute Gasteiger partial charge is 0.204 e. The van der Waals surface area contributed by atoms with E-state index in [0.717, 1.165) is 29.2 Å². The molecule has 0 N–H and O–H groups in total. The van der Waals surface area contributed by atoms with E-state index in [1.807, 2.05) is 33.8 Å². The molecule has 0 heterocycles.